The summed E-state index contributed by atoms with van der Waals surface area (Å²) in [6.45, 7) is 0. The van der Waals surface area contributed by atoms with Crippen molar-refractivity contribution in [3.8, 4) is 62.7 Å². The number of fused-ring (bicyclic) bond motifs is 2. The summed E-state index contributed by atoms with van der Waals surface area (Å²) in [7, 11) is 0. The van der Waals surface area contributed by atoms with Crippen LogP contribution in [0.15, 0.2) is 75.9 Å². The molecule has 0 bridgehead atoms. The van der Waals surface area contributed by atoms with Gasteiger partial charge in [0.25, 0.3) is 0 Å². The standard InChI is InChI=1S/C30H22O10/c31-15-5-1-13(2-6-15)28-22(37)11-18-19(34)12-21(36)25(30(18)40-28)26-27(38)24-20(35)9-17(33)10-23(24)39-29(26)14-3-7-16(32)8-4-14/h1-10,12,22,28,31-37H,11H2. The molecular formula is C30H22O10. The number of aliphatic hydroxyl groups is 1. The molecule has 2 unspecified atom stereocenters. The van der Waals surface area contributed by atoms with Gasteiger partial charge in [-0.05, 0) is 42.0 Å². The minimum atomic E-state index is -1.13. The van der Waals surface area contributed by atoms with E-state index in [2.05, 4.69) is 0 Å². The van der Waals surface area contributed by atoms with Crippen LogP contribution in [0.1, 0.15) is 17.2 Å². The van der Waals surface area contributed by atoms with Crippen LogP contribution in [0.3, 0.4) is 0 Å². The third-order valence-electron chi connectivity index (χ3n) is 6.91. The molecule has 40 heavy (non-hydrogen) atoms. The molecule has 2 atom stereocenters. The van der Waals surface area contributed by atoms with E-state index in [-0.39, 0.29) is 68.6 Å². The average Bonchev–Trinajstić information content (AvgIpc) is 2.90. The highest BCUT2D eigenvalue weighted by atomic mass is 16.5. The molecule has 0 spiro atoms. The summed E-state index contributed by atoms with van der Waals surface area (Å²) < 4.78 is 12.2. The summed E-state index contributed by atoms with van der Waals surface area (Å²) in [5.74, 6) is -2.05. The number of phenols is 6. The number of rotatable bonds is 3. The van der Waals surface area contributed by atoms with Gasteiger partial charge in [0.15, 0.2) is 0 Å². The van der Waals surface area contributed by atoms with Crippen molar-refractivity contribution < 1.29 is 44.9 Å². The Labute approximate surface area is 225 Å². The predicted octanol–water partition coefficient (Wildman–Crippen LogP) is 4.40. The number of phenolic OH excluding ortho intramolecular Hbond substituents is 6. The fourth-order valence-electron chi connectivity index (χ4n) is 5.04. The first-order valence-electron chi connectivity index (χ1n) is 12.2. The molecule has 10 nitrogen and oxygen atoms in total. The first-order chi connectivity index (χ1) is 19.1. The van der Waals surface area contributed by atoms with Crippen LogP contribution in [0, 0.1) is 0 Å². The Bertz CT molecular complexity index is 1840. The number of hydrogen-bond donors (Lipinski definition) is 7. The lowest BCUT2D eigenvalue weighted by atomic mass is 9.89. The number of ether oxygens (including phenoxy) is 1. The molecule has 0 radical (unpaired) electrons. The van der Waals surface area contributed by atoms with Gasteiger partial charge in [0.1, 0.15) is 63.1 Å². The molecule has 4 aromatic carbocycles. The van der Waals surface area contributed by atoms with Gasteiger partial charge in [0.2, 0.25) is 5.43 Å². The van der Waals surface area contributed by atoms with Gasteiger partial charge in [0.05, 0.1) is 17.2 Å². The smallest absolute Gasteiger partial charge is 0.205 e. The Hall–Kier alpha value is -5.35. The maximum atomic E-state index is 14.0. The van der Waals surface area contributed by atoms with E-state index >= 15 is 0 Å². The van der Waals surface area contributed by atoms with Gasteiger partial charge in [-0.1, -0.05) is 12.1 Å². The quantitative estimate of drug-likeness (QED) is 0.173. The maximum Gasteiger partial charge on any atom is 0.205 e. The van der Waals surface area contributed by atoms with Crippen molar-refractivity contribution in [1.82, 2.24) is 0 Å². The second-order valence-electron chi connectivity index (χ2n) is 9.52. The zero-order valence-corrected chi connectivity index (χ0v) is 20.6. The van der Waals surface area contributed by atoms with Crippen molar-refractivity contribution in [3.05, 3.63) is 88.1 Å². The van der Waals surface area contributed by atoms with Gasteiger partial charge in [-0.2, -0.15) is 0 Å². The van der Waals surface area contributed by atoms with Crippen molar-refractivity contribution in [2.45, 2.75) is 18.6 Å². The van der Waals surface area contributed by atoms with E-state index in [4.69, 9.17) is 9.15 Å². The van der Waals surface area contributed by atoms with Gasteiger partial charge < -0.3 is 44.9 Å². The third-order valence-corrected chi connectivity index (χ3v) is 6.91. The van der Waals surface area contributed by atoms with E-state index in [9.17, 15) is 40.5 Å². The van der Waals surface area contributed by atoms with E-state index in [1.54, 1.807) is 12.1 Å². The average molecular weight is 542 g/mol. The molecule has 0 fully saturated rings. The Morgan fingerprint density at radius 1 is 0.700 bits per heavy atom. The van der Waals surface area contributed by atoms with E-state index in [0.29, 0.717) is 11.1 Å². The van der Waals surface area contributed by atoms with Gasteiger partial charge in [-0.25, -0.2) is 0 Å². The molecule has 0 amide bonds. The fourth-order valence-corrected chi connectivity index (χ4v) is 5.04. The Balaban J connectivity index is 1.68. The second kappa shape index (κ2) is 9.14. The van der Waals surface area contributed by atoms with E-state index in [0.717, 1.165) is 18.2 Å². The number of aromatic hydroxyl groups is 6. The highest BCUT2D eigenvalue weighted by Crippen LogP contribution is 2.51. The fraction of sp³-hybridized carbons (Fsp3) is 0.100. The van der Waals surface area contributed by atoms with E-state index in [1.807, 2.05) is 0 Å². The van der Waals surface area contributed by atoms with Crippen molar-refractivity contribution in [3.63, 3.8) is 0 Å². The third kappa shape index (κ3) is 3.98. The molecule has 0 saturated heterocycles. The van der Waals surface area contributed by atoms with Gasteiger partial charge >= 0.3 is 0 Å². The lowest BCUT2D eigenvalue weighted by Gasteiger charge is -2.33. The molecule has 1 aromatic heterocycles. The summed E-state index contributed by atoms with van der Waals surface area (Å²) in [4.78, 5) is 14.0. The molecular weight excluding hydrogens is 520 g/mol. The molecule has 5 aromatic rings. The SMILES string of the molecule is O=c1c(-c2c(O)cc(O)c3c2OC(c2ccc(O)cc2)C(O)C3)c(-c2ccc(O)cc2)oc2cc(O)cc(O)c12. The van der Waals surface area contributed by atoms with Gasteiger partial charge in [-0.3, -0.25) is 4.79 Å². The van der Waals surface area contributed by atoms with Gasteiger partial charge in [0, 0.05) is 35.7 Å². The zero-order chi connectivity index (χ0) is 28.3. The summed E-state index contributed by atoms with van der Waals surface area (Å²) in [6.07, 6.45) is -2.23. The number of benzene rings is 4. The first-order valence-corrected chi connectivity index (χ1v) is 12.2. The van der Waals surface area contributed by atoms with Crippen molar-refractivity contribution in [2.75, 3.05) is 0 Å². The number of aliphatic hydroxyl groups excluding tert-OH is 1. The Morgan fingerprint density at radius 3 is 2.02 bits per heavy atom. The molecule has 2 heterocycles. The molecule has 10 heteroatoms. The van der Waals surface area contributed by atoms with Crippen molar-refractivity contribution in [1.29, 1.82) is 0 Å². The van der Waals surface area contributed by atoms with Gasteiger partial charge in [-0.15, -0.1) is 0 Å². The van der Waals surface area contributed by atoms with Crippen LogP contribution in [0.25, 0.3) is 33.4 Å². The van der Waals surface area contributed by atoms with Crippen LogP contribution >= 0.6 is 0 Å². The zero-order valence-electron chi connectivity index (χ0n) is 20.6. The summed E-state index contributed by atoms with van der Waals surface area (Å²) in [5.41, 5.74) is -0.380. The summed E-state index contributed by atoms with van der Waals surface area (Å²) in [6, 6.07) is 14.8. The van der Waals surface area contributed by atoms with Crippen LogP contribution in [-0.2, 0) is 6.42 Å². The van der Waals surface area contributed by atoms with Crippen molar-refractivity contribution >= 4 is 11.0 Å². The molecule has 7 N–H and O–H groups in total. The van der Waals surface area contributed by atoms with E-state index < -0.39 is 29.1 Å². The Morgan fingerprint density at radius 2 is 1.35 bits per heavy atom. The molecule has 202 valence electrons. The topological polar surface area (TPSA) is 181 Å². The molecule has 0 saturated carbocycles. The number of hydrogen-bond acceptors (Lipinski definition) is 10. The maximum absolute atomic E-state index is 14.0. The molecule has 1 aliphatic rings. The van der Waals surface area contributed by atoms with Crippen LogP contribution in [0.5, 0.6) is 40.2 Å². The highest BCUT2D eigenvalue weighted by molar-refractivity contribution is 5.96. The summed E-state index contributed by atoms with van der Waals surface area (Å²) >= 11 is 0. The molecule has 0 aliphatic carbocycles. The normalized spacial score (nSPS) is 16.4. The van der Waals surface area contributed by atoms with Crippen LogP contribution in [0.2, 0.25) is 0 Å². The lowest BCUT2D eigenvalue weighted by molar-refractivity contribution is 0.0202. The summed E-state index contributed by atoms with van der Waals surface area (Å²) in [5, 5.41) is 72.5. The lowest BCUT2D eigenvalue weighted by Crippen LogP contribution is -2.31. The predicted molar refractivity (Wildman–Crippen MR) is 143 cm³/mol. The van der Waals surface area contributed by atoms with Crippen LogP contribution in [-0.4, -0.2) is 41.8 Å². The van der Waals surface area contributed by atoms with E-state index in [1.165, 1.54) is 36.4 Å². The van der Waals surface area contributed by atoms with Crippen LogP contribution < -0.4 is 10.2 Å². The van der Waals surface area contributed by atoms with Crippen molar-refractivity contribution in [2.24, 2.45) is 0 Å². The second-order valence-corrected chi connectivity index (χ2v) is 9.52. The first kappa shape index (κ1) is 25.0. The van der Waals surface area contributed by atoms with Crippen LogP contribution in [0.4, 0.5) is 0 Å². The highest BCUT2D eigenvalue weighted by Gasteiger charge is 2.37. The molecule has 1 aliphatic heterocycles. The largest absolute Gasteiger partial charge is 0.508 e. The minimum Gasteiger partial charge on any atom is -0.508 e. The minimum absolute atomic E-state index is 0.00332. The Kier molecular flexibility index (Phi) is 5.70. The molecule has 6 rings (SSSR count). The monoisotopic (exact) mass is 542 g/mol.